The molecule has 0 amide bonds. The van der Waals surface area contributed by atoms with Gasteiger partial charge in [0.1, 0.15) is 0 Å². The molecule has 1 unspecified atom stereocenters. The van der Waals surface area contributed by atoms with Crippen LogP contribution in [-0.2, 0) is 30.4 Å². The van der Waals surface area contributed by atoms with E-state index in [4.69, 9.17) is 17.6 Å². The summed E-state index contributed by atoms with van der Waals surface area (Å²) in [6.07, 6.45) is 19.5. The van der Waals surface area contributed by atoms with Crippen LogP contribution in [0.4, 0.5) is 0 Å². The maximum atomic E-state index is 12.7. The van der Waals surface area contributed by atoms with Gasteiger partial charge in [-0.3, -0.25) is 4.79 Å². The van der Waals surface area contributed by atoms with Crippen molar-refractivity contribution in [3.63, 3.8) is 0 Å². The molecular formula is C34H39BrMgN4O7S2. The maximum Gasteiger partial charge on any atom is 2.00 e. The summed E-state index contributed by atoms with van der Waals surface area (Å²) in [4.78, 5) is 19.7. The fourth-order valence-corrected chi connectivity index (χ4v) is 6.94. The van der Waals surface area contributed by atoms with Crippen molar-refractivity contribution < 1.29 is 48.5 Å². The number of carbonyl (C=O) groups is 1. The first kappa shape index (κ1) is 45.7. The van der Waals surface area contributed by atoms with E-state index >= 15 is 0 Å². The third-order valence-corrected chi connectivity index (χ3v) is 9.93. The monoisotopic (exact) mass is 782 g/mol. The molecule has 5 rings (SSSR count). The number of aliphatic hydroxyl groups is 1. The third kappa shape index (κ3) is 11.9. The van der Waals surface area contributed by atoms with Crippen LogP contribution in [0.2, 0.25) is 0 Å². The van der Waals surface area contributed by atoms with Gasteiger partial charge in [0.05, 0.1) is 21.2 Å². The number of nitrogens with zero attached hydrogens (tertiary/aromatic N) is 4. The topological polar surface area (TPSA) is 150 Å². The van der Waals surface area contributed by atoms with E-state index in [1.54, 1.807) is 38.1 Å². The van der Waals surface area contributed by atoms with Gasteiger partial charge in [-0.05, 0) is 71.7 Å². The Kier molecular flexibility index (Phi) is 18.5. The average Bonchev–Trinajstić information content (AvgIpc) is 3.82. The fourth-order valence-electron chi connectivity index (χ4n) is 4.10. The molecule has 0 saturated carbocycles. The number of aromatic nitrogens is 4. The number of halogens is 1. The summed E-state index contributed by atoms with van der Waals surface area (Å²) in [5.74, 6) is 1.60. The number of terminal acetylenes is 2. The zero-order chi connectivity index (χ0) is 35.6. The van der Waals surface area contributed by atoms with Gasteiger partial charge in [-0.2, -0.15) is 0 Å². The Labute approximate surface area is 316 Å². The molecule has 1 saturated heterocycles. The van der Waals surface area contributed by atoms with E-state index in [-0.39, 0.29) is 67.3 Å². The Balaban J connectivity index is 0.000000762. The van der Waals surface area contributed by atoms with E-state index in [1.807, 2.05) is 13.8 Å². The minimum atomic E-state index is -3.86. The number of hydrogen-bond donors (Lipinski definition) is 1. The van der Waals surface area contributed by atoms with Gasteiger partial charge in [-0.1, -0.05) is 41.3 Å². The van der Waals surface area contributed by atoms with Crippen molar-refractivity contribution >= 4 is 48.9 Å². The molecule has 1 aliphatic rings. The molecule has 0 radical (unpaired) electrons. The van der Waals surface area contributed by atoms with E-state index < -0.39 is 25.6 Å². The Morgan fingerprint density at radius 2 is 1.22 bits per heavy atom. The molecule has 0 spiro atoms. The smallest absolute Gasteiger partial charge is 1.00 e. The SMILES string of the molecule is C#CC(C)(O)c1nc(C)cn1S(=O)(=O)c1ccc(C)cc1.C1CCOC1.CC(=O)c1nc(C)cn1S(=O)(=O)c1ccc(C)cc1.[Br-].[C-]#C.[Mg+2]. The predicted octanol–water partition coefficient (Wildman–Crippen LogP) is 1.14. The zero-order valence-corrected chi connectivity index (χ0v) is 33.0. The largest absolute Gasteiger partial charge is 2.00 e. The van der Waals surface area contributed by atoms with Gasteiger partial charge >= 0.3 is 23.1 Å². The van der Waals surface area contributed by atoms with Crippen molar-refractivity contribution in [1.29, 1.82) is 0 Å². The summed E-state index contributed by atoms with van der Waals surface area (Å²) < 4.78 is 57.1. The van der Waals surface area contributed by atoms with Crippen molar-refractivity contribution in [2.24, 2.45) is 0 Å². The summed E-state index contributed by atoms with van der Waals surface area (Å²) in [6, 6.07) is 12.9. The number of Topliss-reactive ketones (excluding diaryl/α,β-unsaturated/α-hetero) is 1. The van der Waals surface area contributed by atoms with E-state index in [0.717, 1.165) is 32.3 Å². The number of carbonyl (C=O) groups excluding carboxylic acids is 1. The van der Waals surface area contributed by atoms with Crippen LogP contribution in [-0.4, -0.2) is 81.9 Å². The standard InChI is InChI=1S/C15H16N2O3S.C13H14N2O3S.C4H8O.C2H.BrH.Mg/c1-5-15(4,18)14-16-12(3)10-17(14)21(19,20)13-8-6-11(2)7-9-13;1-9-4-6-12(7-5-9)19(17,18)15-8-10(2)14-13(15)11(3)16;1-2-4-5-3-1;1-2;;/h1,6-10,18H,2-4H3;4-8H,1-3H3;1-4H2;1H;1H;/q;;;-1;;+2/p-1. The normalized spacial score (nSPS) is 13.1. The fraction of sp³-hybridized carbons (Fsp3) is 0.324. The number of benzene rings is 2. The molecular weight excluding hydrogens is 745 g/mol. The molecule has 1 N–H and O–H groups in total. The first-order valence-corrected chi connectivity index (χ1v) is 17.2. The summed E-state index contributed by atoms with van der Waals surface area (Å²) >= 11 is 0. The Hall–Kier alpha value is -3.28. The molecule has 15 heteroatoms. The second-order valence-electron chi connectivity index (χ2n) is 10.7. The molecule has 2 aromatic carbocycles. The van der Waals surface area contributed by atoms with Gasteiger partial charge in [-0.25, -0.2) is 34.7 Å². The molecule has 4 aromatic rings. The Morgan fingerprint density at radius 3 is 1.59 bits per heavy atom. The summed E-state index contributed by atoms with van der Waals surface area (Å²) in [5.41, 5.74) is 1.09. The van der Waals surface area contributed by atoms with Crippen LogP contribution >= 0.6 is 0 Å². The second-order valence-corrected chi connectivity index (χ2v) is 14.4. The number of ketones is 1. The molecule has 2 aromatic heterocycles. The van der Waals surface area contributed by atoms with Gasteiger partial charge < -0.3 is 39.7 Å². The molecule has 1 atom stereocenters. The van der Waals surface area contributed by atoms with Gasteiger partial charge in [0.25, 0.3) is 20.0 Å². The average molecular weight is 784 g/mol. The molecule has 11 nitrogen and oxygen atoms in total. The van der Waals surface area contributed by atoms with Crippen LogP contribution < -0.4 is 17.0 Å². The minimum Gasteiger partial charge on any atom is -1.00 e. The molecule has 3 heterocycles. The molecule has 49 heavy (non-hydrogen) atoms. The van der Waals surface area contributed by atoms with Crippen LogP contribution in [0.25, 0.3) is 0 Å². The van der Waals surface area contributed by atoms with Crippen molar-refractivity contribution in [1.82, 2.24) is 17.9 Å². The van der Waals surface area contributed by atoms with Crippen molar-refractivity contribution in [2.75, 3.05) is 13.2 Å². The van der Waals surface area contributed by atoms with Crippen molar-refractivity contribution in [2.45, 2.75) is 69.8 Å². The number of hydrogen-bond acceptors (Lipinski definition) is 9. The number of ether oxygens (including phenoxy) is 1. The van der Waals surface area contributed by atoms with Gasteiger partial charge in [0.15, 0.2) is 23.0 Å². The maximum absolute atomic E-state index is 12.7. The number of aryl methyl sites for hydroxylation is 4. The van der Waals surface area contributed by atoms with Crippen LogP contribution in [0.3, 0.4) is 0 Å². The summed E-state index contributed by atoms with van der Waals surface area (Å²) in [5, 5.41) is 10.2. The van der Waals surface area contributed by atoms with E-state index in [2.05, 4.69) is 22.3 Å². The van der Waals surface area contributed by atoms with Crippen LogP contribution in [0.15, 0.2) is 70.7 Å². The molecule has 0 bridgehead atoms. The van der Waals surface area contributed by atoms with Crippen LogP contribution in [0.1, 0.15) is 65.6 Å². The summed E-state index contributed by atoms with van der Waals surface area (Å²) in [7, 11) is -7.64. The second kappa shape index (κ2) is 19.8. The van der Waals surface area contributed by atoms with E-state index in [0.29, 0.717) is 11.4 Å². The van der Waals surface area contributed by atoms with Crippen molar-refractivity contribution in [3.05, 3.63) is 102 Å². The molecule has 258 valence electrons. The first-order chi connectivity index (χ1) is 22.0. The minimum absolute atomic E-state index is 0. The van der Waals surface area contributed by atoms with Crippen LogP contribution in [0.5, 0.6) is 0 Å². The van der Waals surface area contributed by atoms with E-state index in [9.17, 15) is 26.7 Å². The molecule has 0 aliphatic carbocycles. The molecule has 1 aliphatic heterocycles. The van der Waals surface area contributed by atoms with Gasteiger partial charge in [0, 0.05) is 32.5 Å². The van der Waals surface area contributed by atoms with Crippen LogP contribution in [0, 0.1) is 52.9 Å². The van der Waals surface area contributed by atoms with Gasteiger partial charge in [0.2, 0.25) is 0 Å². The number of imidazole rings is 2. The Morgan fingerprint density at radius 1 is 0.837 bits per heavy atom. The van der Waals surface area contributed by atoms with Gasteiger partial charge in [-0.15, -0.1) is 6.42 Å². The van der Waals surface area contributed by atoms with E-state index in [1.165, 1.54) is 63.3 Å². The zero-order valence-electron chi connectivity index (χ0n) is 28.3. The quantitative estimate of drug-likeness (QED) is 0.132. The van der Waals surface area contributed by atoms with Crippen molar-refractivity contribution in [3.8, 4) is 18.8 Å². The first-order valence-electron chi connectivity index (χ1n) is 14.4. The third-order valence-electron chi connectivity index (χ3n) is 6.60. The Bertz CT molecular complexity index is 1950. The summed E-state index contributed by atoms with van der Waals surface area (Å²) in [6.45, 7) is 11.6. The molecule has 1 fully saturated rings. The predicted molar refractivity (Wildman–Crippen MR) is 184 cm³/mol. The number of rotatable bonds is 6.